The van der Waals surface area contributed by atoms with Crippen molar-refractivity contribution in [2.45, 2.75) is 50.7 Å². The Morgan fingerprint density at radius 1 is 0.941 bits per heavy atom. The highest BCUT2D eigenvalue weighted by atomic mass is 127. The number of hydrogen-bond acceptors (Lipinski definition) is 3. The van der Waals surface area contributed by atoms with E-state index in [1.54, 1.807) is 19.0 Å². The Bertz CT molecular complexity index is 941. The molecule has 1 unspecified atom stereocenters. The molecule has 0 aromatic heterocycles. The maximum atomic E-state index is 12.2. The van der Waals surface area contributed by atoms with Crippen LogP contribution in [0.1, 0.15) is 36.0 Å². The van der Waals surface area contributed by atoms with Gasteiger partial charge in [0, 0.05) is 45.8 Å². The van der Waals surface area contributed by atoms with Gasteiger partial charge in [0.15, 0.2) is 5.96 Å². The summed E-state index contributed by atoms with van der Waals surface area (Å²) in [5, 5.41) is 7.29. The summed E-state index contributed by atoms with van der Waals surface area (Å²) in [6.45, 7) is 3.30. The van der Waals surface area contributed by atoms with Crippen molar-refractivity contribution in [1.82, 2.24) is 20.4 Å². The molecule has 2 aromatic carbocycles. The Kier molecular flexibility index (Phi) is 10.2. The van der Waals surface area contributed by atoms with Gasteiger partial charge in [0.2, 0.25) is 5.91 Å². The van der Waals surface area contributed by atoms with Crippen molar-refractivity contribution in [3.05, 3.63) is 71.3 Å². The predicted molar refractivity (Wildman–Crippen MR) is 150 cm³/mol. The van der Waals surface area contributed by atoms with E-state index in [9.17, 15) is 4.79 Å². The monoisotopic (exact) mass is 575 g/mol. The number of halogens is 1. The van der Waals surface area contributed by atoms with E-state index in [1.165, 1.54) is 16.7 Å². The number of likely N-dealkylation sites (tertiary alicyclic amines) is 1. The lowest BCUT2D eigenvalue weighted by Crippen LogP contribution is -2.52. The van der Waals surface area contributed by atoms with Crippen LogP contribution in [0.25, 0.3) is 0 Å². The number of nitrogens with zero attached hydrogens (tertiary/aromatic N) is 3. The number of piperidine rings is 1. The molecule has 0 radical (unpaired) electrons. The number of guanidine groups is 1. The lowest BCUT2D eigenvalue weighted by molar-refractivity contribution is -0.127. The van der Waals surface area contributed by atoms with Gasteiger partial charge in [-0.2, -0.15) is 0 Å². The fourth-order valence-corrected chi connectivity index (χ4v) is 4.71. The smallest absolute Gasteiger partial charge is 0.243 e. The fraction of sp³-hybridized carbons (Fsp3) is 0.481. The molecule has 1 fully saturated rings. The quantitative estimate of drug-likeness (QED) is 0.315. The summed E-state index contributed by atoms with van der Waals surface area (Å²) in [7, 11) is 3.55. The lowest BCUT2D eigenvalue weighted by Gasteiger charge is -2.34. The number of aliphatic imine (C=N–C) groups is 1. The van der Waals surface area contributed by atoms with Crippen LogP contribution in [-0.2, 0) is 24.2 Å². The van der Waals surface area contributed by atoms with Gasteiger partial charge >= 0.3 is 0 Å². The molecule has 1 atom stereocenters. The number of amides is 1. The zero-order valence-corrected chi connectivity index (χ0v) is 22.7. The minimum absolute atomic E-state index is 0. The first kappa shape index (κ1) is 26.5. The minimum atomic E-state index is 0. The molecule has 2 N–H and O–H groups in total. The summed E-state index contributed by atoms with van der Waals surface area (Å²) in [5.41, 5.74) is 4.24. The first-order valence-electron chi connectivity index (χ1n) is 12.2. The van der Waals surface area contributed by atoms with E-state index in [2.05, 4.69) is 75.1 Å². The van der Waals surface area contributed by atoms with Gasteiger partial charge in [-0.15, -0.1) is 24.0 Å². The van der Waals surface area contributed by atoms with Gasteiger partial charge in [0.05, 0.1) is 0 Å². The molecule has 0 bridgehead atoms. The molecular formula is C27H38IN5O. The van der Waals surface area contributed by atoms with Crippen molar-refractivity contribution >= 4 is 35.8 Å². The second-order valence-electron chi connectivity index (χ2n) is 9.49. The van der Waals surface area contributed by atoms with Crippen LogP contribution < -0.4 is 10.6 Å². The molecule has 6 nitrogen and oxygen atoms in total. The van der Waals surface area contributed by atoms with E-state index >= 15 is 0 Å². The van der Waals surface area contributed by atoms with Crippen LogP contribution in [0.5, 0.6) is 0 Å². The van der Waals surface area contributed by atoms with E-state index < -0.39 is 0 Å². The van der Waals surface area contributed by atoms with Crippen LogP contribution >= 0.6 is 24.0 Å². The largest absolute Gasteiger partial charge is 0.354 e. The van der Waals surface area contributed by atoms with Crippen molar-refractivity contribution < 1.29 is 4.79 Å². The van der Waals surface area contributed by atoms with Gasteiger partial charge in [-0.1, -0.05) is 54.6 Å². The second-order valence-corrected chi connectivity index (χ2v) is 9.49. The molecule has 1 aliphatic heterocycles. The molecule has 2 aromatic rings. The average molecular weight is 576 g/mol. The Morgan fingerprint density at radius 2 is 1.59 bits per heavy atom. The maximum absolute atomic E-state index is 12.2. The standard InChI is InChI=1S/C27H37N5O.HI/c1-31(2)26(33)19-28-27(30-25-13-12-22-10-6-7-11-23(22)18-25)29-24-14-16-32(17-15-24)20-21-8-4-3-5-9-21;/h3-11,24-25H,12-20H2,1-2H3,(H2,28,29,30);1H. The zero-order chi connectivity index (χ0) is 23.0. The third kappa shape index (κ3) is 7.70. The number of rotatable bonds is 6. The molecule has 0 spiro atoms. The number of carbonyl (C=O) groups is 1. The Morgan fingerprint density at radius 3 is 2.29 bits per heavy atom. The minimum Gasteiger partial charge on any atom is -0.354 e. The van der Waals surface area contributed by atoms with E-state index in [0.29, 0.717) is 12.1 Å². The zero-order valence-electron chi connectivity index (χ0n) is 20.4. The summed E-state index contributed by atoms with van der Waals surface area (Å²) < 4.78 is 0. The molecular weight excluding hydrogens is 537 g/mol. The van der Waals surface area contributed by atoms with Gasteiger partial charge in [-0.05, 0) is 48.8 Å². The van der Waals surface area contributed by atoms with Gasteiger partial charge in [0.25, 0.3) is 0 Å². The number of nitrogens with one attached hydrogen (secondary N) is 2. The SMILES string of the molecule is CN(C)C(=O)CN=C(NC1CCN(Cc2ccccc2)CC1)NC1CCc2ccccc2C1.I. The summed E-state index contributed by atoms with van der Waals surface area (Å²) >= 11 is 0. The molecule has 1 saturated heterocycles. The van der Waals surface area contributed by atoms with Crippen molar-refractivity contribution in [1.29, 1.82) is 0 Å². The normalized spacial score (nSPS) is 19.0. The molecule has 7 heteroatoms. The number of hydrogen-bond donors (Lipinski definition) is 2. The van der Waals surface area contributed by atoms with Crippen molar-refractivity contribution in [3.63, 3.8) is 0 Å². The molecule has 34 heavy (non-hydrogen) atoms. The number of carbonyl (C=O) groups excluding carboxylic acids is 1. The van der Waals surface area contributed by atoms with Crippen LogP contribution in [0.3, 0.4) is 0 Å². The average Bonchev–Trinajstić information content (AvgIpc) is 2.84. The lowest BCUT2D eigenvalue weighted by atomic mass is 9.88. The Balaban J connectivity index is 0.00000324. The summed E-state index contributed by atoms with van der Waals surface area (Å²) in [6.07, 6.45) is 5.30. The van der Waals surface area contributed by atoms with Crippen LogP contribution in [0, 0.1) is 0 Å². The second kappa shape index (κ2) is 13.1. The molecule has 1 heterocycles. The molecule has 1 amide bonds. The van der Waals surface area contributed by atoms with Crippen molar-refractivity contribution in [2.75, 3.05) is 33.7 Å². The highest BCUT2D eigenvalue weighted by molar-refractivity contribution is 14.0. The van der Waals surface area contributed by atoms with Gasteiger partial charge in [0.1, 0.15) is 6.54 Å². The Labute approximate surface area is 221 Å². The number of likely N-dealkylation sites (N-methyl/N-ethyl adjacent to an activating group) is 1. The topological polar surface area (TPSA) is 60.0 Å². The third-order valence-corrected chi connectivity index (χ3v) is 6.74. The fourth-order valence-electron chi connectivity index (χ4n) is 4.71. The molecule has 4 rings (SSSR count). The van der Waals surface area contributed by atoms with E-state index in [4.69, 9.17) is 0 Å². The van der Waals surface area contributed by atoms with Crippen LogP contribution in [0.4, 0.5) is 0 Å². The number of fused-ring (bicyclic) bond motifs is 1. The summed E-state index contributed by atoms with van der Waals surface area (Å²) in [6, 6.07) is 20.1. The van der Waals surface area contributed by atoms with Gasteiger partial charge < -0.3 is 15.5 Å². The summed E-state index contributed by atoms with van der Waals surface area (Å²) in [4.78, 5) is 21.0. The third-order valence-electron chi connectivity index (χ3n) is 6.74. The van der Waals surface area contributed by atoms with E-state index in [1.807, 2.05) is 0 Å². The van der Waals surface area contributed by atoms with Crippen LogP contribution in [0.2, 0.25) is 0 Å². The first-order valence-corrected chi connectivity index (χ1v) is 12.2. The van der Waals surface area contributed by atoms with E-state index in [0.717, 1.165) is 57.7 Å². The van der Waals surface area contributed by atoms with E-state index in [-0.39, 0.29) is 36.4 Å². The predicted octanol–water partition coefficient (Wildman–Crippen LogP) is 3.45. The first-order chi connectivity index (χ1) is 16.1. The molecule has 2 aliphatic rings. The molecule has 184 valence electrons. The summed E-state index contributed by atoms with van der Waals surface area (Å²) in [5.74, 6) is 0.791. The Hall–Kier alpha value is -2.13. The molecule has 1 aliphatic carbocycles. The van der Waals surface area contributed by atoms with Crippen LogP contribution in [-0.4, -0.2) is 67.5 Å². The van der Waals surface area contributed by atoms with Crippen molar-refractivity contribution in [2.24, 2.45) is 4.99 Å². The number of benzene rings is 2. The van der Waals surface area contributed by atoms with Gasteiger partial charge in [-0.25, -0.2) is 4.99 Å². The molecule has 0 saturated carbocycles. The van der Waals surface area contributed by atoms with Crippen LogP contribution in [0.15, 0.2) is 59.6 Å². The highest BCUT2D eigenvalue weighted by Crippen LogP contribution is 2.21. The number of aryl methyl sites for hydroxylation is 1. The van der Waals surface area contributed by atoms with Gasteiger partial charge in [-0.3, -0.25) is 9.69 Å². The maximum Gasteiger partial charge on any atom is 0.243 e. The van der Waals surface area contributed by atoms with Crippen molar-refractivity contribution in [3.8, 4) is 0 Å². The highest BCUT2D eigenvalue weighted by Gasteiger charge is 2.23.